The molecule has 1 aliphatic heterocycles. The van der Waals surface area contributed by atoms with Crippen LogP contribution in [-0.2, 0) is 18.4 Å². The quantitative estimate of drug-likeness (QED) is 0.735. The molecule has 2 N–H and O–H groups in total. The van der Waals surface area contributed by atoms with Gasteiger partial charge in [-0.15, -0.1) is 0 Å². The molecule has 0 radical (unpaired) electrons. The number of fused-ring (bicyclic) bond motifs is 1. The third-order valence-electron chi connectivity index (χ3n) is 4.94. The summed E-state index contributed by atoms with van der Waals surface area (Å²) < 4.78 is 5.06. The number of nitrogens with zero attached hydrogens (tertiary/aromatic N) is 5. The summed E-state index contributed by atoms with van der Waals surface area (Å²) in [5.74, 6) is 0. The average molecular weight is 367 g/mol. The third kappa shape index (κ3) is 3.44. The molecule has 0 aliphatic carbocycles. The van der Waals surface area contributed by atoms with Crippen LogP contribution in [0.1, 0.15) is 55.2 Å². The lowest BCUT2D eigenvalue weighted by molar-refractivity contribution is 0.196. The summed E-state index contributed by atoms with van der Waals surface area (Å²) in [7, 11) is 1.57. The van der Waals surface area contributed by atoms with Gasteiger partial charge in [0.15, 0.2) is 0 Å². The maximum atomic E-state index is 5.06. The van der Waals surface area contributed by atoms with Gasteiger partial charge in [0.25, 0.3) is 0 Å². The fourth-order valence-electron chi connectivity index (χ4n) is 3.46. The van der Waals surface area contributed by atoms with Crippen molar-refractivity contribution in [3.8, 4) is 6.01 Å². The lowest BCUT2D eigenvalue weighted by atomic mass is 9.91. The van der Waals surface area contributed by atoms with E-state index in [0.717, 1.165) is 42.2 Å². The molecule has 0 spiro atoms. The van der Waals surface area contributed by atoms with Crippen molar-refractivity contribution >= 4 is 0 Å². The predicted octanol–water partition coefficient (Wildman–Crippen LogP) is 2.38. The fourth-order valence-corrected chi connectivity index (χ4v) is 3.46. The summed E-state index contributed by atoms with van der Waals surface area (Å²) in [6, 6.07) is 2.56. The highest BCUT2D eigenvalue weighted by molar-refractivity contribution is 5.31. The zero-order valence-corrected chi connectivity index (χ0v) is 16.2. The number of aromatic nitrogens is 6. The molecule has 0 aromatic carbocycles. The number of nitrogens with one attached hydrogen (secondary N) is 2. The molecule has 4 heterocycles. The zero-order valence-electron chi connectivity index (χ0n) is 16.2. The highest BCUT2D eigenvalue weighted by atomic mass is 16.5. The van der Waals surface area contributed by atoms with E-state index in [1.165, 1.54) is 5.69 Å². The van der Waals surface area contributed by atoms with Gasteiger partial charge in [-0.05, 0) is 6.07 Å². The number of rotatable bonds is 4. The van der Waals surface area contributed by atoms with Crippen molar-refractivity contribution in [1.82, 2.24) is 35.0 Å². The van der Waals surface area contributed by atoms with Crippen molar-refractivity contribution in [3.63, 3.8) is 0 Å². The lowest BCUT2D eigenvalue weighted by Gasteiger charge is -2.34. The molecule has 8 heteroatoms. The number of ether oxygens (including phenoxy) is 1. The van der Waals surface area contributed by atoms with Gasteiger partial charge in [-0.3, -0.25) is 10.00 Å². The van der Waals surface area contributed by atoms with Crippen LogP contribution in [0.5, 0.6) is 6.01 Å². The minimum Gasteiger partial charge on any atom is -0.467 e. The van der Waals surface area contributed by atoms with Crippen LogP contribution in [0.25, 0.3) is 0 Å². The van der Waals surface area contributed by atoms with Crippen LogP contribution in [-0.4, -0.2) is 48.7 Å². The molecule has 1 atom stereocenters. The summed E-state index contributed by atoms with van der Waals surface area (Å²) in [5, 5.41) is 7.80. The molecule has 0 fully saturated rings. The minimum absolute atomic E-state index is 0.00747. The van der Waals surface area contributed by atoms with E-state index >= 15 is 0 Å². The molecular formula is C19H25N7O. The normalized spacial score (nSPS) is 17.7. The zero-order chi connectivity index (χ0) is 19.0. The summed E-state index contributed by atoms with van der Waals surface area (Å²) in [6.07, 6.45) is 6.34. The van der Waals surface area contributed by atoms with Crippen LogP contribution in [0.2, 0.25) is 0 Å². The molecule has 0 bridgehead atoms. The molecule has 142 valence electrons. The number of hydrogen-bond donors (Lipinski definition) is 2. The number of hydrogen-bond acceptors (Lipinski definition) is 6. The summed E-state index contributed by atoms with van der Waals surface area (Å²) >= 11 is 0. The van der Waals surface area contributed by atoms with Gasteiger partial charge in [0.2, 0.25) is 0 Å². The molecule has 0 saturated carbocycles. The summed E-state index contributed by atoms with van der Waals surface area (Å²) in [5.41, 5.74) is 5.38. The van der Waals surface area contributed by atoms with Crippen LogP contribution >= 0.6 is 0 Å². The molecule has 0 amide bonds. The first-order valence-corrected chi connectivity index (χ1v) is 9.12. The lowest BCUT2D eigenvalue weighted by Crippen LogP contribution is -2.36. The van der Waals surface area contributed by atoms with Crippen LogP contribution in [0.3, 0.4) is 0 Å². The minimum atomic E-state index is -0.00747. The van der Waals surface area contributed by atoms with E-state index in [9.17, 15) is 0 Å². The van der Waals surface area contributed by atoms with Crippen molar-refractivity contribution in [3.05, 3.63) is 53.1 Å². The summed E-state index contributed by atoms with van der Waals surface area (Å²) in [4.78, 5) is 18.7. The third-order valence-corrected chi connectivity index (χ3v) is 4.94. The van der Waals surface area contributed by atoms with Gasteiger partial charge in [-0.2, -0.15) is 5.10 Å². The molecule has 1 aliphatic rings. The van der Waals surface area contributed by atoms with Crippen molar-refractivity contribution in [2.45, 2.75) is 45.2 Å². The first-order valence-electron chi connectivity index (χ1n) is 9.12. The topological polar surface area (TPSA) is 95.6 Å². The van der Waals surface area contributed by atoms with E-state index in [0.29, 0.717) is 6.01 Å². The van der Waals surface area contributed by atoms with E-state index in [1.54, 1.807) is 13.4 Å². The molecular weight excluding hydrogens is 342 g/mol. The van der Waals surface area contributed by atoms with Crippen LogP contribution in [0, 0.1) is 0 Å². The Bertz CT molecular complexity index is 907. The first-order chi connectivity index (χ1) is 13.0. The number of imidazole rings is 1. The predicted molar refractivity (Wildman–Crippen MR) is 100 cm³/mol. The molecule has 0 saturated heterocycles. The van der Waals surface area contributed by atoms with Gasteiger partial charge in [-0.1, -0.05) is 20.8 Å². The maximum Gasteiger partial charge on any atom is 0.316 e. The second kappa shape index (κ2) is 6.77. The Morgan fingerprint density at radius 2 is 2.00 bits per heavy atom. The Balaban J connectivity index is 1.66. The molecule has 3 aromatic rings. The van der Waals surface area contributed by atoms with Gasteiger partial charge in [0.05, 0.1) is 36.6 Å². The van der Waals surface area contributed by atoms with Crippen LogP contribution in [0.4, 0.5) is 0 Å². The van der Waals surface area contributed by atoms with Gasteiger partial charge < -0.3 is 9.72 Å². The van der Waals surface area contributed by atoms with Gasteiger partial charge in [0, 0.05) is 48.6 Å². The summed E-state index contributed by atoms with van der Waals surface area (Å²) in [6.45, 7) is 8.14. The Kier molecular flexibility index (Phi) is 4.43. The molecule has 27 heavy (non-hydrogen) atoms. The van der Waals surface area contributed by atoms with E-state index in [-0.39, 0.29) is 11.5 Å². The van der Waals surface area contributed by atoms with Crippen molar-refractivity contribution in [2.24, 2.45) is 0 Å². The van der Waals surface area contributed by atoms with Crippen molar-refractivity contribution in [1.29, 1.82) is 0 Å². The second-order valence-corrected chi connectivity index (χ2v) is 7.93. The van der Waals surface area contributed by atoms with Crippen LogP contribution < -0.4 is 4.74 Å². The molecule has 8 nitrogen and oxygen atoms in total. The van der Waals surface area contributed by atoms with E-state index < -0.39 is 0 Å². The Morgan fingerprint density at radius 3 is 2.67 bits per heavy atom. The monoisotopic (exact) mass is 367 g/mol. The Labute approximate surface area is 158 Å². The first kappa shape index (κ1) is 17.7. The highest BCUT2D eigenvalue weighted by Crippen LogP contribution is 2.35. The van der Waals surface area contributed by atoms with Crippen molar-refractivity contribution in [2.75, 3.05) is 13.7 Å². The van der Waals surface area contributed by atoms with Gasteiger partial charge in [0.1, 0.15) is 0 Å². The molecule has 1 unspecified atom stereocenters. The standard InChI is InChI=1S/C19H25N7O/c1-19(2,3)15-7-14(24-25-15)17-16-13(22-11-23-16)5-6-26(17)10-12-8-20-18(27-4)21-9-12/h7-9,11,17H,5-6,10H2,1-4H3,(H,22,23)(H,24,25). The van der Waals surface area contributed by atoms with Crippen molar-refractivity contribution < 1.29 is 4.74 Å². The van der Waals surface area contributed by atoms with Gasteiger partial charge in [-0.25, -0.2) is 15.0 Å². The molecule has 4 rings (SSSR count). The number of methoxy groups -OCH3 is 1. The van der Waals surface area contributed by atoms with Crippen LogP contribution in [0.15, 0.2) is 24.8 Å². The largest absolute Gasteiger partial charge is 0.467 e. The van der Waals surface area contributed by atoms with E-state index in [4.69, 9.17) is 4.74 Å². The second-order valence-electron chi connectivity index (χ2n) is 7.93. The van der Waals surface area contributed by atoms with E-state index in [2.05, 4.69) is 61.9 Å². The average Bonchev–Trinajstić information content (AvgIpc) is 3.31. The Hall–Kier alpha value is -2.74. The van der Waals surface area contributed by atoms with E-state index in [1.807, 2.05) is 12.4 Å². The SMILES string of the molecule is COc1ncc(CN2CCc3[nH]cnc3C2c2cc(C(C)(C)C)n[nH]2)cn1. The number of aromatic amines is 2. The van der Waals surface area contributed by atoms with Gasteiger partial charge >= 0.3 is 6.01 Å². The Morgan fingerprint density at radius 1 is 1.22 bits per heavy atom. The maximum absolute atomic E-state index is 5.06. The smallest absolute Gasteiger partial charge is 0.316 e. The number of H-pyrrole nitrogens is 2. The highest BCUT2D eigenvalue weighted by Gasteiger charge is 2.33. The molecule has 3 aromatic heterocycles. The fraction of sp³-hybridized carbons (Fsp3) is 0.474.